The van der Waals surface area contributed by atoms with Crippen LogP contribution < -0.4 is 15.5 Å². The first-order chi connectivity index (χ1) is 12.7. The Morgan fingerprint density at radius 1 is 1.30 bits per heavy atom. The molecule has 2 aliphatic carbocycles. The molecule has 3 fully saturated rings. The van der Waals surface area contributed by atoms with Crippen LogP contribution in [-0.4, -0.2) is 43.2 Å². The van der Waals surface area contributed by atoms with Crippen LogP contribution in [0.2, 0.25) is 0 Å². The van der Waals surface area contributed by atoms with E-state index in [0.717, 1.165) is 56.3 Å². The molecular formula is C20H31FIN5. The van der Waals surface area contributed by atoms with E-state index in [1.165, 1.54) is 31.7 Å². The molecule has 150 valence electrons. The van der Waals surface area contributed by atoms with Gasteiger partial charge in [0.05, 0.1) is 0 Å². The number of aliphatic imine (C=N–C) groups is 1. The zero-order chi connectivity index (χ0) is 17.9. The number of aromatic nitrogens is 1. The van der Waals surface area contributed by atoms with Crippen LogP contribution in [0.1, 0.15) is 39.0 Å². The van der Waals surface area contributed by atoms with E-state index in [1.54, 1.807) is 12.3 Å². The molecule has 4 rings (SSSR count). The van der Waals surface area contributed by atoms with Gasteiger partial charge in [-0.15, -0.1) is 24.0 Å². The molecule has 0 bridgehead atoms. The predicted octanol–water partition coefficient (Wildman–Crippen LogP) is 3.41. The van der Waals surface area contributed by atoms with Crippen LogP contribution in [0.5, 0.6) is 0 Å². The Hall–Kier alpha value is -1.12. The Kier molecular flexibility index (Phi) is 7.16. The maximum Gasteiger partial charge on any atom is 0.191 e. The average molecular weight is 487 g/mol. The van der Waals surface area contributed by atoms with Crippen LogP contribution in [-0.2, 0) is 0 Å². The zero-order valence-corrected chi connectivity index (χ0v) is 18.4. The SMILES string of the molecule is CCNC(=NCC(C1CC1)C1CC1)NC1CCN(c2ncccc2F)C1.I. The van der Waals surface area contributed by atoms with Crippen LogP contribution in [0, 0.1) is 23.6 Å². The van der Waals surface area contributed by atoms with Crippen molar-refractivity contribution in [2.24, 2.45) is 22.7 Å². The summed E-state index contributed by atoms with van der Waals surface area (Å²) in [6.07, 6.45) is 8.21. The van der Waals surface area contributed by atoms with E-state index >= 15 is 0 Å². The number of nitrogens with zero attached hydrogens (tertiary/aromatic N) is 3. The van der Waals surface area contributed by atoms with Crippen LogP contribution >= 0.6 is 24.0 Å². The number of halogens is 2. The highest BCUT2D eigenvalue weighted by atomic mass is 127. The topological polar surface area (TPSA) is 52.6 Å². The van der Waals surface area contributed by atoms with Gasteiger partial charge in [-0.05, 0) is 68.9 Å². The van der Waals surface area contributed by atoms with Crippen molar-refractivity contribution in [1.29, 1.82) is 0 Å². The largest absolute Gasteiger partial charge is 0.357 e. The van der Waals surface area contributed by atoms with Gasteiger partial charge >= 0.3 is 0 Å². The van der Waals surface area contributed by atoms with Gasteiger partial charge in [0.1, 0.15) is 0 Å². The molecule has 1 aromatic rings. The molecule has 0 radical (unpaired) electrons. The number of nitrogens with one attached hydrogen (secondary N) is 2. The average Bonchev–Trinajstić information content (AvgIpc) is 3.56. The molecule has 1 aliphatic heterocycles. The molecule has 1 saturated heterocycles. The molecule has 2 N–H and O–H groups in total. The summed E-state index contributed by atoms with van der Waals surface area (Å²) in [5.41, 5.74) is 0. The molecule has 0 aromatic carbocycles. The van der Waals surface area contributed by atoms with Gasteiger partial charge in [0.15, 0.2) is 17.6 Å². The molecule has 1 unspecified atom stereocenters. The highest BCUT2D eigenvalue weighted by Crippen LogP contribution is 2.49. The van der Waals surface area contributed by atoms with E-state index in [0.29, 0.717) is 5.82 Å². The van der Waals surface area contributed by atoms with E-state index in [9.17, 15) is 4.39 Å². The van der Waals surface area contributed by atoms with Crippen molar-refractivity contribution in [3.05, 3.63) is 24.1 Å². The Labute approximate surface area is 178 Å². The summed E-state index contributed by atoms with van der Waals surface area (Å²) in [5, 5.41) is 6.94. The van der Waals surface area contributed by atoms with Gasteiger partial charge in [-0.2, -0.15) is 0 Å². The van der Waals surface area contributed by atoms with Gasteiger partial charge < -0.3 is 15.5 Å². The second-order valence-corrected chi connectivity index (χ2v) is 7.94. The fourth-order valence-corrected chi connectivity index (χ4v) is 4.12. The van der Waals surface area contributed by atoms with Crippen molar-refractivity contribution in [3.63, 3.8) is 0 Å². The third kappa shape index (κ3) is 5.45. The number of rotatable bonds is 7. The smallest absolute Gasteiger partial charge is 0.191 e. The summed E-state index contributed by atoms with van der Waals surface area (Å²) in [7, 11) is 0. The summed E-state index contributed by atoms with van der Waals surface area (Å²) >= 11 is 0. The minimum atomic E-state index is -0.245. The van der Waals surface area contributed by atoms with Crippen molar-refractivity contribution in [2.75, 3.05) is 31.1 Å². The van der Waals surface area contributed by atoms with Gasteiger partial charge in [-0.3, -0.25) is 4.99 Å². The maximum absolute atomic E-state index is 14.0. The van der Waals surface area contributed by atoms with Gasteiger partial charge in [-0.1, -0.05) is 0 Å². The van der Waals surface area contributed by atoms with Crippen LogP contribution in [0.3, 0.4) is 0 Å². The van der Waals surface area contributed by atoms with Crippen LogP contribution in [0.15, 0.2) is 23.3 Å². The van der Waals surface area contributed by atoms with Crippen molar-refractivity contribution in [1.82, 2.24) is 15.6 Å². The number of hydrogen-bond donors (Lipinski definition) is 2. The lowest BCUT2D eigenvalue weighted by molar-refractivity contribution is 0.416. The summed E-state index contributed by atoms with van der Waals surface area (Å²) in [5.74, 6) is 3.75. The van der Waals surface area contributed by atoms with Crippen molar-refractivity contribution >= 4 is 35.8 Å². The van der Waals surface area contributed by atoms with Crippen LogP contribution in [0.25, 0.3) is 0 Å². The van der Waals surface area contributed by atoms with E-state index in [2.05, 4.69) is 22.5 Å². The van der Waals surface area contributed by atoms with E-state index < -0.39 is 0 Å². The third-order valence-corrected chi connectivity index (χ3v) is 5.83. The molecule has 0 amide bonds. The van der Waals surface area contributed by atoms with E-state index in [1.807, 2.05) is 4.90 Å². The van der Waals surface area contributed by atoms with Gasteiger partial charge in [0, 0.05) is 38.4 Å². The molecule has 2 saturated carbocycles. The van der Waals surface area contributed by atoms with E-state index in [-0.39, 0.29) is 35.8 Å². The van der Waals surface area contributed by atoms with E-state index in [4.69, 9.17) is 4.99 Å². The van der Waals surface area contributed by atoms with Crippen molar-refractivity contribution < 1.29 is 4.39 Å². The maximum atomic E-state index is 14.0. The number of guanidine groups is 1. The fourth-order valence-electron chi connectivity index (χ4n) is 4.12. The Morgan fingerprint density at radius 3 is 2.67 bits per heavy atom. The third-order valence-electron chi connectivity index (χ3n) is 5.83. The van der Waals surface area contributed by atoms with Crippen LogP contribution in [0.4, 0.5) is 10.2 Å². The Bertz CT molecular complexity index is 635. The zero-order valence-electron chi connectivity index (χ0n) is 16.0. The molecule has 1 aromatic heterocycles. The summed E-state index contributed by atoms with van der Waals surface area (Å²) in [6, 6.07) is 3.39. The molecule has 5 nitrogen and oxygen atoms in total. The molecule has 27 heavy (non-hydrogen) atoms. The molecule has 1 atom stereocenters. The Morgan fingerprint density at radius 2 is 2.04 bits per heavy atom. The highest BCUT2D eigenvalue weighted by molar-refractivity contribution is 14.0. The van der Waals surface area contributed by atoms with Gasteiger partial charge in [-0.25, -0.2) is 9.37 Å². The number of hydrogen-bond acceptors (Lipinski definition) is 3. The summed E-state index contributed by atoms with van der Waals surface area (Å²) in [4.78, 5) is 11.1. The van der Waals surface area contributed by atoms with Gasteiger partial charge in [0.25, 0.3) is 0 Å². The lowest BCUT2D eigenvalue weighted by Crippen LogP contribution is -2.45. The van der Waals surface area contributed by atoms with Crippen molar-refractivity contribution in [2.45, 2.75) is 45.1 Å². The monoisotopic (exact) mass is 487 g/mol. The molecule has 7 heteroatoms. The van der Waals surface area contributed by atoms with Crippen molar-refractivity contribution in [3.8, 4) is 0 Å². The first kappa shape index (κ1) is 20.6. The normalized spacial score (nSPS) is 22.7. The molecule has 0 spiro atoms. The fraction of sp³-hybridized carbons (Fsp3) is 0.700. The molecular weight excluding hydrogens is 456 g/mol. The predicted molar refractivity (Wildman–Crippen MR) is 118 cm³/mol. The first-order valence-corrected chi connectivity index (χ1v) is 10.1. The quantitative estimate of drug-likeness (QED) is 0.352. The lowest BCUT2D eigenvalue weighted by atomic mass is 9.98. The number of anilines is 1. The minimum Gasteiger partial charge on any atom is -0.357 e. The highest BCUT2D eigenvalue weighted by Gasteiger charge is 2.41. The molecule has 3 aliphatic rings. The van der Waals surface area contributed by atoms with Gasteiger partial charge in [0.2, 0.25) is 0 Å². The number of pyridine rings is 1. The summed E-state index contributed by atoms with van der Waals surface area (Å²) in [6.45, 7) is 5.47. The minimum absolute atomic E-state index is 0. The second kappa shape index (κ2) is 9.39. The Balaban J connectivity index is 0.00000210. The first-order valence-electron chi connectivity index (χ1n) is 10.1. The lowest BCUT2D eigenvalue weighted by Gasteiger charge is -2.20. The molecule has 2 heterocycles. The summed E-state index contributed by atoms with van der Waals surface area (Å²) < 4.78 is 14.0. The second-order valence-electron chi connectivity index (χ2n) is 7.94. The standard InChI is InChI=1S/C20H30FN5.HI/c1-2-22-20(24-12-17(14-5-6-14)15-7-8-15)25-16-9-11-26(13-16)19-18(21)4-3-10-23-19;/h3-4,10,14-17H,2,5-9,11-13H2,1H3,(H2,22,24,25);1H.